The molecule has 0 aliphatic carbocycles. The van der Waals surface area contributed by atoms with E-state index in [1.807, 2.05) is 24.3 Å². The third-order valence-corrected chi connectivity index (χ3v) is 4.70. The van der Waals surface area contributed by atoms with Gasteiger partial charge in [-0.25, -0.2) is 4.98 Å². The van der Waals surface area contributed by atoms with Crippen molar-refractivity contribution in [2.24, 2.45) is 0 Å². The molecule has 2 aromatic carbocycles. The fourth-order valence-corrected chi connectivity index (χ4v) is 3.29. The zero-order valence-electron chi connectivity index (χ0n) is 15.1. The van der Waals surface area contributed by atoms with Crippen LogP contribution < -0.4 is 14.8 Å². The van der Waals surface area contributed by atoms with Gasteiger partial charge in [0.15, 0.2) is 17.1 Å². The van der Waals surface area contributed by atoms with E-state index < -0.39 is 0 Å². The number of benzene rings is 2. The van der Waals surface area contributed by atoms with Gasteiger partial charge in [0, 0.05) is 38.3 Å². The normalized spacial score (nSPS) is 15.3. The Morgan fingerprint density at radius 2 is 1.85 bits per heavy atom. The molecule has 6 heteroatoms. The lowest BCUT2D eigenvalue weighted by molar-refractivity contribution is 0.233. The van der Waals surface area contributed by atoms with Gasteiger partial charge in [0.2, 0.25) is 5.89 Å². The third-order valence-electron chi connectivity index (χ3n) is 4.70. The largest absolute Gasteiger partial charge is 0.493 e. The van der Waals surface area contributed by atoms with Gasteiger partial charge < -0.3 is 19.2 Å². The molecule has 1 N–H and O–H groups in total. The van der Waals surface area contributed by atoms with E-state index in [0.717, 1.165) is 49.4 Å². The van der Waals surface area contributed by atoms with E-state index in [-0.39, 0.29) is 0 Å². The van der Waals surface area contributed by atoms with Crippen LogP contribution in [0.15, 0.2) is 40.8 Å². The van der Waals surface area contributed by atoms with Crippen molar-refractivity contribution in [2.75, 3.05) is 40.4 Å². The summed E-state index contributed by atoms with van der Waals surface area (Å²) in [6.07, 6.45) is 0. The number of piperazine rings is 1. The highest BCUT2D eigenvalue weighted by Crippen LogP contribution is 2.33. The molecule has 0 bridgehead atoms. The van der Waals surface area contributed by atoms with Gasteiger partial charge in [-0.15, -0.1) is 0 Å². The number of aromatic nitrogens is 1. The molecule has 1 aliphatic heterocycles. The molecule has 1 saturated heterocycles. The molecule has 0 saturated carbocycles. The number of hydrogen-bond acceptors (Lipinski definition) is 6. The number of rotatable bonds is 5. The fourth-order valence-electron chi connectivity index (χ4n) is 3.29. The van der Waals surface area contributed by atoms with Crippen LogP contribution in [0.2, 0.25) is 0 Å². The van der Waals surface area contributed by atoms with E-state index in [4.69, 9.17) is 13.9 Å². The highest BCUT2D eigenvalue weighted by molar-refractivity contribution is 5.77. The maximum atomic E-state index is 5.94. The second-order valence-corrected chi connectivity index (χ2v) is 6.42. The predicted octanol–water partition coefficient (Wildman–Crippen LogP) is 2.92. The molecule has 0 amide bonds. The summed E-state index contributed by atoms with van der Waals surface area (Å²) in [5.74, 6) is 1.93. The summed E-state index contributed by atoms with van der Waals surface area (Å²) in [5.41, 5.74) is 3.79. The van der Waals surface area contributed by atoms with Crippen molar-refractivity contribution >= 4 is 11.1 Å². The van der Waals surface area contributed by atoms with E-state index in [9.17, 15) is 0 Å². The van der Waals surface area contributed by atoms with E-state index in [0.29, 0.717) is 17.4 Å². The van der Waals surface area contributed by atoms with Crippen LogP contribution in [0.25, 0.3) is 22.6 Å². The van der Waals surface area contributed by atoms with Crippen molar-refractivity contribution < 1.29 is 13.9 Å². The van der Waals surface area contributed by atoms with Crippen LogP contribution in [0.5, 0.6) is 11.5 Å². The van der Waals surface area contributed by atoms with Crippen LogP contribution in [0, 0.1) is 0 Å². The van der Waals surface area contributed by atoms with Gasteiger partial charge >= 0.3 is 0 Å². The van der Waals surface area contributed by atoms with Gasteiger partial charge in [-0.1, -0.05) is 6.07 Å². The van der Waals surface area contributed by atoms with E-state index in [1.165, 1.54) is 5.56 Å². The second kappa shape index (κ2) is 7.35. The van der Waals surface area contributed by atoms with Crippen molar-refractivity contribution in [3.63, 3.8) is 0 Å². The Morgan fingerprint density at radius 1 is 1.04 bits per heavy atom. The van der Waals surface area contributed by atoms with Crippen molar-refractivity contribution in [3.8, 4) is 23.0 Å². The fraction of sp³-hybridized carbons (Fsp3) is 0.350. The Morgan fingerprint density at radius 3 is 2.62 bits per heavy atom. The van der Waals surface area contributed by atoms with Gasteiger partial charge in [-0.3, -0.25) is 4.90 Å². The average Bonchev–Trinajstić information content (AvgIpc) is 3.11. The molecule has 3 aromatic rings. The number of methoxy groups -OCH3 is 2. The Hall–Kier alpha value is -2.57. The lowest BCUT2D eigenvalue weighted by atomic mass is 10.2. The molecule has 0 spiro atoms. The SMILES string of the molecule is COc1ccc(-c2nc3cc(CN4CCNCC4)ccc3o2)cc1OC. The minimum absolute atomic E-state index is 0.584. The molecule has 6 nitrogen and oxygen atoms in total. The quantitative estimate of drug-likeness (QED) is 0.761. The first-order valence-electron chi connectivity index (χ1n) is 8.82. The number of ether oxygens (including phenoxy) is 2. The maximum absolute atomic E-state index is 5.94. The van der Waals surface area contributed by atoms with E-state index in [1.54, 1.807) is 14.2 Å². The standard InChI is InChI=1S/C20H23N3O3/c1-24-18-6-4-15(12-19(18)25-2)20-22-16-11-14(3-5-17(16)26-20)13-23-9-7-21-8-10-23/h3-6,11-12,21H,7-10,13H2,1-2H3. The zero-order chi connectivity index (χ0) is 17.9. The molecule has 136 valence electrons. The van der Waals surface area contributed by atoms with Gasteiger partial charge in [0.1, 0.15) is 5.52 Å². The number of fused-ring (bicyclic) bond motifs is 1. The number of nitrogens with zero attached hydrogens (tertiary/aromatic N) is 2. The number of oxazole rings is 1. The summed E-state index contributed by atoms with van der Waals surface area (Å²) < 4.78 is 16.6. The molecule has 1 aromatic heterocycles. The van der Waals surface area contributed by atoms with Crippen molar-refractivity contribution in [2.45, 2.75) is 6.54 Å². The van der Waals surface area contributed by atoms with Gasteiger partial charge in [0.05, 0.1) is 14.2 Å². The molecule has 0 radical (unpaired) electrons. The van der Waals surface area contributed by atoms with Crippen LogP contribution in [0.3, 0.4) is 0 Å². The summed E-state index contributed by atoms with van der Waals surface area (Å²) in [4.78, 5) is 7.13. The van der Waals surface area contributed by atoms with E-state index in [2.05, 4.69) is 27.3 Å². The monoisotopic (exact) mass is 353 g/mol. The maximum Gasteiger partial charge on any atom is 0.227 e. The van der Waals surface area contributed by atoms with Gasteiger partial charge in [-0.2, -0.15) is 0 Å². The lowest BCUT2D eigenvalue weighted by Gasteiger charge is -2.27. The van der Waals surface area contributed by atoms with Crippen molar-refractivity contribution in [1.82, 2.24) is 15.2 Å². The molecule has 26 heavy (non-hydrogen) atoms. The smallest absolute Gasteiger partial charge is 0.227 e. The molecule has 0 atom stereocenters. The highest BCUT2D eigenvalue weighted by atomic mass is 16.5. The number of hydrogen-bond donors (Lipinski definition) is 1. The van der Waals surface area contributed by atoms with E-state index >= 15 is 0 Å². The van der Waals surface area contributed by atoms with Crippen molar-refractivity contribution in [1.29, 1.82) is 0 Å². The molecule has 0 unspecified atom stereocenters. The first-order chi connectivity index (χ1) is 12.8. The topological polar surface area (TPSA) is 59.8 Å². The van der Waals surface area contributed by atoms with Crippen molar-refractivity contribution in [3.05, 3.63) is 42.0 Å². The second-order valence-electron chi connectivity index (χ2n) is 6.42. The van der Waals surface area contributed by atoms with Gasteiger partial charge in [0.25, 0.3) is 0 Å². The Kier molecular flexibility index (Phi) is 4.77. The predicted molar refractivity (Wildman–Crippen MR) is 101 cm³/mol. The van der Waals surface area contributed by atoms with Crippen LogP contribution >= 0.6 is 0 Å². The molecule has 4 rings (SSSR count). The molecule has 2 heterocycles. The zero-order valence-corrected chi connectivity index (χ0v) is 15.1. The summed E-state index contributed by atoms with van der Waals surface area (Å²) >= 11 is 0. The first kappa shape index (κ1) is 16.9. The Labute approximate surface area is 152 Å². The molecule has 1 fully saturated rings. The molecule has 1 aliphatic rings. The highest BCUT2D eigenvalue weighted by Gasteiger charge is 2.14. The summed E-state index contributed by atoms with van der Waals surface area (Å²) in [6, 6.07) is 11.9. The summed E-state index contributed by atoms with van der Waals surface area (Å²) in [5, 5.41) is 3.38. The van der Waals surface area contributed by atoms with Crippen LogP contribution in [-0.4, -0.2) is 50.3 Å². The van der Waals surface area contributed by atoms with Gasteiger partial charge in [-0.05, 0) is 35.9 Å². The summed E-state index contributed by atoms with van der Waals surface area (Å²) in [7, 11) is 3.24. The van der Waals surface area contributed by atoms with Crippen LogP contribution in [-0.2, 0) is 6.54 Å². The third kappa shape index (κ3) is 3.38. The Bertz CT molecular complexity index is 900. The minimum Gasteiger partial charge on any atom is -0.493 e. The number of nitrogens with one attached hydrogen (secondary N) is 1. The average molecular weight is 353 g/mol. The summed E-state index contributed by atoms with van der Waals surface area (Å²) in [6.45, 7) is 5.20. The molecular formula is C20H23N3O3. The Balaban J connectivity index is 1.61. The van der Waals surface area contributed by atoms with Crippen LogP contribution in [0.1, 0.15) is 5.56 Å². The van der Waals surface area contributed by atoms with Crippen LogP contribution in [0.4, 0.5) is 0 Å². The molecular weight excluding hydrogens is 330 g/mol. The minimum atomic E-state index is 0.584. The first-order valence-corrected chi connectivity index (χ1v) is 8.82. The lowest BCUT2D eigenvalue weighted by Crippen LogP contribution is -2.42.